The highest BCUT2D eigenvalue weighted by Gasteiger charge is 2.61. The van der Waals surface area contributed by atoms with Crippen molar-refractivity contribution in [2.24, 2.45) is 10.8 Å². The van der Waals surface area contributed by atoms with Crippen LogP contribution in [0.4, 0.5) is 0 Å². The number of carbonyl (C=O) groups excluding carboxylic acids is 1. The molecular formula is C11H17NO. The van der Waals surface area contributed by atoms with E-state index in [-0.39, 0.29) is 5.91 Å². The molecule has 0 N–H and O–H groups in total. The summed E-state index contributed by atoms with van der Waals surface area (Å²) in [6.07, 6.45) is 7.23. The van der Waals surface area contributed by atoms with Crippen LogP contribution in [-0.4, -0.2) is 23.9 Å². The van der Waals surface area contributed by atoms with Crippen LogP contribution in [0.1, 0.15) is 39.0 Å². The van der Waals surface area contributed by atoms with E-state index in [2.05, 4.69) is 0 Å². The molecule has 0 unspecified atom stereocenters. The van der Waals surface area contributed by atoms with Crippen molar-refractivity contribution >= 4 is 5.91 Å². The van der Waals surface area contributed by atoms with Gasteiger partial charge in [-0.15, -0.1) is 0 Å². The molecule has 1 saturated heterocycles. The van der Waals surface area contributed by atoms with Gasteiger partial charge in [-0.05, 0) is 31.1 Å². The van der Waals surface area contributed by atoms with Crippen LogP contribution >= 0.6 is 0 Å². The second-order valence-corrected chi connectivity index (χ2v) is 5.58. The van der Waals surface area contributed by atoms with Crippen LogP contribution in [0.2, 0.25) is 0 Å². The van der Waals surface area contributed by atoms with Crippen LogP contribution in [0.15, 0.2) is 0 Å². The van der Waals surface area contributed by atoms with Gasteiger partial charge in [0.25, 0.3) is 0 Å². The lowest BCUT2D eigenvalue weighted by molar-refractivity contribution is -0.183. The van der Waals surface area contributed by atoms with Crippen molar-refractivity contribution in [3.05, 3.63) is 0 Å². The zero-order valence-corrected chi connectivity index (χ0v) is 8.31. The molecule has 2 aliphatic carbocycles. The minimum Gasteiger partial charge on any atom is -0.342 e. The van der Waals surface area contributed by atoms with E-state index in [1.54, 1.807) is 6.92 Å². The number of carbonyl (C=O) groups is 1. The van der Waals surface area contributed by atoms with Crippen LogP contribution in [0.5, 0.6) is 0 Å². The van der Waals surface area contributed by atoms with Gasteiger partial charge >= 0.3 is 0 Å². The number of hydrogen-bond donors (Lipinski definition) is 0. The van der Waals surface area contributed by atoms with E-state index in [9.17, 15) is 4.79 Å². The Morgan fingerprint density at radius 2 is 1.77 bits per heavy atom. The molecule has 3 fully saturated rings. The quantitative estimate of drug-likeness (QED) is 0.555. The Morgan fingerprint density at radius 3 is 2.15 bits per heavy atom. The predicted molar refractivity (Wildman–Crippen MR) is 50.2 cm³/mol. The summed E-state index contributed by atoms with van der Waals surface area (Å²) < 4.78 is 0. The Hall–Kier alpha value is -0.530. The molecule has 0 atom stereocenters. The summed E-state index contributed by atoms with van der Waals surface area (Å²) >= 11 is 0. The van der Waals surface area contributed by atoms with Crippen LogP contribution in [0.25, 0.3) is 0 Å². The molecule has 1 heterocycles. The van der Waals surface area contributed by atoms with Crippen molar-refractivity contribution < 1.29 is 4.79 Å². The minimum absolute atomic E-state index is 0.264. The molecule has 0 aromatic heterocycles. The maximum absolute atomic E-state index is 11.0. The van der Waals surface area contributed by atoms with E-state index in [1.165, 1.54) is 32.1 Å². The van der Waals surface area contributed by atoms with Gasteiger partial charge in [0, 0.05) is 25.4 Å². The van der Waals surface area contributed by atoms with Gasteiger partial charge in [-0.3, -0.25) is 4.79 Å². The molecule has 2 saturated carbocycles. The Labute approximate surface area is 79.3 Å². The predicted octanol–water partition coefficient (Wildman–Crippen LogP) is 1.80. The van der Waals surface area contributed by atoms with Gasteiger partial charge < -0.3 is 4.90 Å². The fourth-order valence-electron chi connectivity index (χ4n) is 3.78. The van der Waals surface area contributed by atoms with Crippen LogP contribution in [0, 0.1) is 10.8 Å². The molecule has 13 heavy (non-hydrogen) atoms. The first-order chi connectivity index (χ1) is 6.13. The van der Waals surface area contributed by atoms with Gasteiger partial charge in [0.1, 0.15) is 0 Å². The van der Waals surface area contributed by atoms with E-state index in [0.29, 0.717) is 5.41 Å². The highest BCUT2D eigenvalue weighted by Crippen LogP contribution is 2.67. The molecule has 1 aliphatic heterocycles. The van der Waals surface area contributed by atoms with Gasteiger partial charge in [-0.2, -0.15) is 0 Å². The normalized spacial score (nSPS) is 32.2. The van der Waals surface area contributed by atoms with Crippen molar-refractivity contribution in [2.75, 3.05) is 13.1 Å². The first kappa shape index (κ1) is 7.84. The topological polar surface area (TPSA) is 20.3 Å². The standard InChI is InChI=1S/C11H17NO/c1-9(13)12-7-11(8-12)5-10(6-11)3-2-4-10/h2-8H2,1H3. The Balaban J connectivity index is 1.57. The second-order valence-electron chi connectivity index (χ2n) is 5.58. The Morgan fingerprint density at radius 1 is 1.15 bits per heavy atom. The summed E-state index contributed by atoms with van der Waals surface area (Å²) in [6, 6.07) is 0. The number of nitrogens with zero attached hydrogens (tertiary/aromatic N) is 1. The summed E-state index contributed by atoms with van der Waals surface area (Å²) in [5, 5.41) is 0. The second kappa shape index (κ2) is 2.10. The molecule has 0 aromatic rings. The maximum atomic E-state index is 11.0. The average Bonchev–Trinajstić information content (AvgIpc) is 1.76. The van der Waals surface area contributed by atoms with Crippen LogP contribution < -0.4 is 0 Å². The molecule has 0 aromatic carbocycles. The summed E-state index contributed by atoms with van der Waals surface area (Å²) in [4.78, 5) is 13.0. The SMILES string of the molecule is CC(=O)N1CC2(C1)CC1(CCC1)C2. The summed E-state index contributed by atoms with van der Waals surface area (Å²) in [6.45, 7) is 3.80. The molecule has 2 spiro atoms. The van der Waals surface area contributed by atoms with Gasteiger partial charge in [0.2, 0.25) is 5.91 Å². The Kier molecular flexibility index (Phi) is 1.27. The number of likely N-dealkylation sites (tertiary alicyclic amines) is 1. The molecule has 1 amide bonds. The number of rotatable bonds is 0. The molecule has 3 aliphatic rings. The Bertz CT molecular complexity index is 251. The molecule has 0 radical (unpaired) electrons. The zero-order valence-electron chi connectivity index (χ0n) is 8.31. The smallest absolute Gasteiger partial charge is 0.219 e. The average molecular weight is 179 g/mol. The van der Waals surface area contributed by atoms with E-state index >= 15 is 0 Å². The molecule has 2 nitrogen and oxygen atoms in total. The fourth-order valence-corrected chi connectivity index (χ4v) is 3.78. The van der Waals surface area contributed by atoms with Crippen molar-refractivity contribution in [3.63, 3.8) is 0 Å². The third kappa shape index (κ3) is 0.918. The number of hydrogen-bond acceptors (Lipinski definition) is 1. The van der Waals surface area contributed by atoms with E-state index in [1.807, 2.05) is 4.90 Å². The lowest BCUT2D eigenvalue weighted by atomic mass is 9.43. The third-order valence-electron chi connectivity index (χ3n) is 4.41. The highest BCUT2D eigenvalue weighted by atomic mass is 16.2. The molecule has 72 valence electrons. The maximum Gasteiger partial charge on any atom is 0.219 e. The first-order valence-electron chi connectivity index (χ1n) is 5.39. The van der Waals surface area contributed by atoms with Crippen molar-refractivity contribution in [1.29, 1.82) is 0 Å². The van der Waals surface area contributed by atoms with Gasteiger partial charge in [-0.25, -0.2) is 0 Å². The van der Waals surface area contributed by atoms with Gasteiger partial charge in [0.15, 0.2) is 0 Å². The zero-order chi connectivity index (χ0) is 9.10. The van der Waals surface area contributed by atoms with E-state index in [4.69, 9.17) is 0 Å². The van der Waals surface area contributed by atoms with Gasteiger partial charge in [-0.1, -0.05) is 6.42 Å². The molecular weight excluding hydrogens is 162 g/mol. The fraction of sp³-hybridized carbons (Fsp3) is 0.909. The van der Waals surface area contributed by atoms with E-state index < -0.39 is 0 Å². The lowest BCUT2D eigenvalue weighted by Gasteiger charge is -2.67. The van der Waals surface area contributed by atoms with E-state index in [0.717, 1.165) is 18.5 Å². The van der Waals surface area contributed by atoms with Crippen molar-refractivity contribution in [1.82, 2.24) is 4.90 Å². The van der Waals surface area contributed by atoms with Crippen molar-refractivity contribution in [2.45, 2.75) is 39.0 Å². The number of amides is 1. The summed E-state index contributed by atoms with van der Waals surface area (Å²) in [5.41, 5.74) is 1.36. The van der Waals surface area contributed by atoms with Gasteiger partial charge in [0.05, 0.1) is 0 Å². The lowest BCUT2D eigenvalue weighted by Crippen LogP contribution is -2.67. The molecule has 3 rings (SSSR count). The largest absolute Gasteiger partial charge is 0.342 e. The molecule has 0 bridgehead atoms. The van der Waals surface area contributed by atoms with Crippen molar-refractivity contribution in [3.8, 4) is 0 Å². The monoisotopic (exact) mass is 179 g/mol. The summed E-state index contributed by atoms with van der Waals surface area (Å²) in [5.74, 6) is 0.264. The highest BCUT2D eigenvalue weighted by molar-refractivity contribution is 5.74. The first-order valence-corrected chi connectivity index (χ1v) is 5.39. The summed E-state index contributed by atoms with van der Waals surface area (Å²) in [7, 11) is 0. The molecule has 2 heteroatoms. The minimum atomic E-state index is 0.264. The van der Waals surface area contributed by atoms with Crippen LogP contribution in [-0.2, 0) is 4.79 Å². The third-order valence-corrected chi connectivity index (χ3v) is 4.41. The van der Waals surface area contributed by atoms with Crippen LogP contribution in [0.3, 0.4) is 0 Å².